The van der Waals surface area contributed by atoms with E-state index in [0.29, 0.717) is 19.8 Å². The number of ether oxygens (including phenoxy) is 1. The van der Waals surface area contributed by atoms with Crippen molar-refractivity contribution in [1.29, 1.82) is 0 Å². The van der Waals surface area contributed by atoms with Crippen LogP contribution in [0.1, 0.15) is 30.0 Å². The number of nitrogens with one attached hydrogen (secondary N) is 1. The molecule has 2 aromatic rings. The molecule has 1 aromatic carbocycles. The third-order valence-electron chi connectivity index (χ3n) is 3.18. The molecule has 0 saturated carbocycles. The van der Waals surface area contributed by atoms with E-state index in [0.717, 1.165) is 17.0 Å². The topological polar surface area (TPSA) is 54.4 Å². The monoisotopic (exact) mass is 306 g/mol. The van der Waals surface area contributed by atoms with Crippen molar-refractivity contribution in [3.05, 3.63) is 52.5 Å². The number of aliphatic hydroxyl groups excluding tert-OH is 1. The van der Waals surface area contributed by atoms with Crippen LogP contribution in [0.5, 0.6) is 0 Å². The fourth-order valence-electron chi connectivity index (χ4n) is 2.04. The van der Waals surface area contributed by atoms with Crippen LogP contribution in [0.15, 0.2) is 41.9 Å². The zero-order valence-corrected chi connectivity index (χ0v) is 13.1. The van der Waals surface area contributed by atoms with Crippen LogP contribution in [0.2, 0.25) is 0 Å². The Morgan fingerprint density at radius 2 is 2.14 bits per heavy atom. The normalized spacial score (nSPS) is 14.0. The minimum absolute atomic E-state index is 0.203. The molecule has 4 nitrogen and oxygen atoms in total. The summed E-state index contributed by atoms with van der Waals surface area (Å²) in [5, 5.41) is 16.3. The van der Waals surface area contributed by atoms with Gasteiger partial charge < -0.3 is 15.2 Å². The lowest BCUT2D eigenvalue weighted by atomic mass is 10.2. The summed E-state index contributed by atoms with van der Waals surface area (Å²) >= 11 is 1.64. The van der Waals surface area contributed by atoms with Crippen LogP contribution in [0.3, 0.4) is 0 Å². The molecular weight excluding hydrogens is 284 g/mol. The molecule has 2 unspecified atom stereocenters. The Labute approximate surface area is 129 Å². The number of benzene rings is 1. The quantitative estimate of drug-likeness (QED) is 0.748. The summed E-state index contributed by atoms with van der Waals surface area (Å²) in [5.41, 5.74) is 1.12. The molecule has 0 fully saturated rings. The molecule has 0 aliphatic rings. The van der Waals surface area contributed by atoms with E-state index in [1.54, 1.807) is 11.3 Å². The van der Waals surface area contributed by atoms with Gasteiger partial charge in [0.1, 0.15) is 5.01 Å². The van der Waals surface area contributed by atoms with Crippen LogP contribution in [-0.2, 0) is 11.3 Å². The molecule has 0 aliphatic heterocycles. The Hall–Kier alpha value is -1.27. The predicted molar refractivity (Wildman–Crippen MR) is 85.3 cm³/mol. The molecule has 1 heterocycles. The molecule has 5 heteroatoms. The number of rotatable bonds is 9. The van der Waals surface area contributed by atoms with Gasteiger partial charge in [-0.2, -0.15) is 0 Å². The average Bonchev–Trinajstić information content (AvgIpc) is 3.03. The highest BCUT2D eigenvalue weighted by Crippen LogP contribution is 2.18. The van der Waals surface area contributed by atoms with Gasteiger partial charge in [-0.05, 0) is 12.0 Å². The van der Waals surface area contributed by atoms with Gasteiger partial charge in [0.25, 0.3) is 0 Å². The SMILES string of the molecule is CCC(NCC(O)COCc1ccccc1)c1nccs1. The molecule has 2 rings (SSSR count). The summed E-state index contributed by atoms with van der Waals surface area (Å²) in [6.45, 7) is 3.47. The second kappa shape index (κ2) is 8.89. The van der Waals surface area contributed by atoms with Crippen molar-refractivity contribution in [2.45, 2.75) is 32.1 Å². The van der Waals surface area contributed by atoms with Crippen molar-refractivity contribution in [3.63, 3.8) is 0 Å². The maximum atomic E-state index is 9.96. The van der Waals surface area contributed by atoms with Crippen LogP contribution in [-0.4, -0.2) is 29.3 Å². The van der Waals surface area contributed by atoms with Crippen molar-refractivity contribution in [2.75, 3.05) is 13.2 Å². The predicted octanol–water partition coefficient (Wildman–Crippen LogP) is 2.76. The maximum Gasteiger partial charge on any atom is 0.109 e. The molecular formula is C16H22N2O2S. The highest BCUT2D eigenvalue weighted by atomic mass is 32.1. The van der Waals surface area contributed by atoms with E-state index in [-0.39, 0.29) is 6.04 Å². The van der Waals surface area contributed by atoms with Crippen LogP contribution in [0.25, 0.3) is 0 Å². The first-order valence-electron chi connectivity index (χ1n) is 7.22. The summed E-state index contributed by atoms with van der Waals surface area (Å²) in [6.07, 6.45) is 2.25. The van der Waals surface area contributed by atoms with Crippen LogP contribution >= 0.6 is 11.3 Å². The third-order valence-corrected chi connectivity index (χ3v) is 4.07. The van der Waals surface area contributed by atoms with Gasteiger partial charge in [0.2, 0.25) is 0 Å². The second-order valence-electron chi connectivity index (χ2n) is 4.89. The number of hydrogen-bond donors (Lipinski definition) is 2. The van der Waals surface area contributed by atoms with Gasteiger partial charge >= 0.3 is 0 Å². The van der Waals surface area contributed by atoms with Crippen LogP contribution < -0.4 is 5.32 Å². The lowest BCUT2D eigenvalue weighted by Crippen LogP contribution is -2.32. The summed E-state index contributed by atoms with van der Waals surface area (Å²) in [7, 11) is 0. The summed E-state index contributed by atoms with van der Waals surface area (Å²) in [6, 6.07) is 10.2. The number of aromatic nitrogens is 1. The Morgan fingerprint density at radius 1 is 1.33 bits per heavy atom. The van der Waals surface area contributed by atoms with Gasteiger partial charge in [-0.3, -0.25) is 0 Å². The van der Waals surface area contributed by atoms with Gasteiger partial charge in [-0.25, -0.2) is 4.98 Å². The minimum Gasteiger partial charge on any atom is -0.389 e. The Balaban J connectivity index is 1.66. The summed E-state index contributed by atoms with van der Waals surface area (Å²) < 4.78 is 5.54. The molecule has 0 aliphatic carbocycles. The molecule has 0 saturated heterocycles. The fraction of sp³-hybridized carbons (Fsp3) is 0.438. The maximum absolute atomic E-state index is 9.96. The molecule has 0 bridgehead atoms. The van der Waals surface area contributed by atoms with E-state index in [4.69, 9.17) is 4.74 Å². The van der Waals surface area contributed by atoms with E-state index >= 15 is 0 Å². The Bertz CT molecular complexity index is 490. The van der Waals surface area contributed by atoms with E-state index in [9.17, 15) is 5.11 Å². The van der Waals surface area contributed by atoms with Gasteiger partial charge in [-0.15, -0.1) is 11.3 Å². The zero-order chi connectivity index (χ0) is 14.9. The van der Waals surface area contributed by atoms with Crippen molar-refractivity contribution in [3.8, 4) is 0 Å². The number of hydrogen-bond acceptors (Lipinski definition) is 5. The number of thiazole rings is 1. The van der Waals surface area contributed by atoms with E-state index < -0.39 is 6.10 Å². The highest BCUT2D eigenvalue weighted by Gasteiger charge is 2.13. The molecule has 21 heavy (non-hydrogen) atoms. The standard InChI is InChI=1S/C16H22N2O2S/c1-2-15(16-17-8-9-21-16)18-10-14(19)12-20-11-13-6-4-3-5-7-13/h3-9,14-15,18-19H,2,10-12H2,1H3. The average molecular weight is 306 g/mol. The Morgan fingerprint density at radius 3 is 2.81 bits per heavy atom. The molecule has 0 amide bonds. The van der Waals surface area contributed by atoms with Crippen molar-refractivity contribution >= 4 is 11.3 Å². The van der Waals surface area contributed by atoms with Gasteiger partial charge in [0.05, 0.1) is 25.4 Å². The number of aliphatic hydroxyl groups is 1. The second-order valence-corrected chi connectivity index (χ2v) is 5.82. The fourth-order valence-corrected chi connectivity index (χ4v) is 2.83. The molecule has 2 atom stereocenters. The lowest BCUT2D eigenvalue weighted by Gasteiger charge is -2.17. The third kappa shape index (κ3) is 5.55. The minimum atomic E-state index is -0.511. The summed E-state index contributed by atoms with van der Waals surface area (Å²) in [5.74, 6) is 0. The zero-order valence-electron chi connectivity index (χ0n) is 12.2. The largest absolute Gasteiger partial charge is 0.389 e. The highest BCUT2D eigenvalue weighted by molar-refractivity contribution is 7.09. The Kier molecular flexibility index (Phi) is 6.82. The number of nitrogens with zero attached hydrogens (tertiary/aromatic N) is 1. The summed E-state index contributed by atoms with van der Waals surface area (Å²) in [4.78, 5) is 4.31. The van der Waals surface area contributed by atoms with Crippen molar-refractivity contribution in [1.82, 2.24) is 10.3 Å². The van der Waals surface area contributed by atoms with Crippen molar-refractivity contribution < 1.29 is 9.84 Å². The van der Waals surface area contributed by atoms with Crippen molar-refractivity contribution in [2.24, 2.45) is 0 Å². The molecule has 1 aromatic heterocycles. The first-order chi connectivity index (χ1) is 10.3. The van der Waals surface area contributed by atoms with E-state index in [2.05, 4.69) is 17.2 Å². The van der Waals surface area contributed by atoms with Gasteiger partial charge in [0.15, 0.2) is 0 Å². The van der Waals surface area contributed by atoms with Gasteiger partial charge in [-0.1, -0.05) is 37.3 Å². The smallest absolute Gasteiger partial charge is 0.109 e. The molecule has 2 N–H and O–H groups in total. The molecule has 0 spiro atoms. The van der Waals surface area contributed by atoms with Gasteiger partial charge in [0, 0.05) is 18.1 Å². The van der Waals surface area contributed by atoms with E-state index in [1.807, 2.05) is 41.9 Å². The van der Waals surface area contributed by atoms with Crippen LogP contribution in [0, 0.1) is 0 Å². The first kappa shape index (κ1) is 16.1. The first-order valence-corrected chi connectivity index (χ1v) is 8.10. The van der Waals surface area contributed by atoms with Crippen LogP contribution in [0.4, 0.5) is 0 Å². The van der Waals surface area contributed by atoms with E-state index in [1.165, 1.54) is 0 Å². The molecule has 114 valence electrons. The molecule has 0 radical (unpaired) electrons. The lowest BCUT2D eigenvalue weighted by molar-refractivity contribution is 0.0275.